The predicted molar refractivity (Wildman–Crippen MR) is 140 cm³/mol. The van der Waals surface area contributed by atoms with E-state index in [2.05, 4.69) is 5.32 Å². The number of benzene rings is 2. The van der Waals surface area contributed by atoms with E-state index in [1.807, 2.05) is 19.9 Å². The minimum atomic E-state index is -3.82. The summed E-state index contributed by atoms with van der Waals surface area (Å²) >= 11 is 0. The number of carbonyl (C=O) groups excluding carboxylic acids is 2. The SMILES string of the molecule is Cc1cc(C)cc(N(CC(=O)N(Cc2ccccc2F)C(C)C(=O)NC2CCCCC2)S(C)(=O)=O)c1. The first kappa shape index (κ1) is 27.6. The number of nitrogens with one attached hydrogen (secondary N) is 1. The Morgan fingerprint density at radius 1 is 1.06 bits per heavy atom. The Labute approximate surface area is 213 Å². The molecule has 1 N–H and O–H groups in total. The van der Waals surface area contributed by atoms with Gasteiger partial charge in [-0.15, -0.1) is 0 Å². The molecule has 196 valence electrons. The fraction of sp³-hybridized carbons (Fsp3) is 0.481. The Morgan fingerprint density at radius 2 is 1.67 bits per heavy atom. The molecular weight excluding hydrogens is 481 g/mol. The van der Waals surface area contributed by atoms with Crippen molar-refractivity contribution in [1.29, 1.82) is 0 Å². The summed E-state index contributed by atoms with van der Waals surface area (Å²) < 4.78 is 41.0. The van der Waals surface area contributed by atoms with Crippen LogP contribution in [0.1, 0.15) is 55.7 Å². The van der Waals surface area contributed by atoms with E-state index in [0.717, 1.165) is 53.8 Å². The first-order valence-electron chi connectivity index (χ1n) is 12.3. The van der Waals surface area contributed by atoms with Crippen LogP contribution in [0.15, 0.2) is 42.5 Å². The molecule has 0 aromatic heterocycles. The Bertz CT molecular complexity index is 1180. The fourth-order valence-corrected chi connectivity index (χ4v) is 5.50. The molecule has 1 aliphatic rings. The molecular formula is C27H36FN3O4S. The summed E-state index contributed by atoms with van der Waals surface area (Å²) in [7, 11) is -3.82. The molecule has 36 heavy (non-hydrogen) atoms. The number of aryl methyl sites for hydroxylation is 2. The van der Waals surface area contributed by atoms with Gasteiger partial charge in [0, 0.05) is 18.2 Å². The van der Waals surface area contributed by atoms with Gasteiger partial charge in [-0.25, -0.2) is 12.8 Å². The van der Waals surface area contributed by atoms with Gasteiger partial charge in [0.2, 0.25) is 21.8 Å². The molecule has 2 amide bonds. The van der Waals surface area contributed by atoms with Gasteiger partial charge in [-0.1, -0.05) is 43.5 Å². The molecule has 0 bridgehead atoms. The van der Waals surface area contributed by atoms with Crippen LogP contribution in [0.2, 0.25) is 0 Å². The minimum absolute atomic E-state index is 0.0434. The van der Waals surface area contributed by atoms with Gasteiger partial charge in [-0.05, 0) is 62.9 Å². The highest BCUT2D eigenvalue weighted by Gasteiger charge is 2.31. The predicted octanol–water partition coefficient (Wildman–Crippen LogP) is 4.07. The Hall–Kier alpha value is -2.94. The lowest BCUT2D eigenvalue weighted by molar-refractivity contribution is -0.139. The zero-order valence-electron chi connectivity index (χ0n) is 21.5. The summed E-state index contributed by atoms with van der Waals surface area (Å²) in [6.45, 7) is 4.63. The summed E-state index contributed by atoms with van der Waals surface area (Å²) in [5.74, 6) is -1.41. The molecule has 1 fully saturated rings. The molecule has 1 unspecified atom stereocenters. The topological polar surface area (TPSA) is 86.8 Å². The number of carbonyl (C=O) groups is 2. The molecule has 1 saturated carbocycles. The maximum absolute atomic E-state index is 14.5. The Kier molecular flexibility index (Phi) is 9.11. The van der Waals surface area contributed by atoms with Crippen molar-refractivity contribution < 1.29 is 22.4 Å². The number of amides is 2. The smallest absolute Gasteiger partial charge is 0.244 e. The van der Waals surface area contributed by atoms with Gasteiger partial charge in [0.1, 0.15) is 18.4 Å². The summed E-state index contributed by atoms with van der Waals surface area (Å²) in [6, 6.07) is 10.5. The normalized spacial score (nSPS) is 15.2. The number of rotatable bonds is 9. The molecule has 0 heterocycles. The molecule has 1 atom stereocenters. The van der Waals surface area contributed by atoms with Gasteiger partial charge in [-0.3, -0.25) is 13.9 Å². The third kappa shape index (κ3) is 7.29. The lowest BCUT2D eigenvalue weighted by Crippen LogP contribution is -2.53. The van der Waals surface area contributed by atoms with Crippen molar-refractivity contribution >= 4 is 27.5 Å². The average molecular weight is 518 g/mol. The number of halogens is 1. The number of nitrogens with zero attached hydrogens (tertiary/aromatic N) is 2. The van der Waals surface area contributed by atoms with Crippen LogP contribution in [-0.2, 0) is 26.2 Å². The molecule has 9 heteroatoms. The Balaban J connectivity index is 1.90. The van der Waals surface area contributed by atoms with E-state index < -0.39 is 34.3 Å². The third-order valence-electron chi connectivity index (χ3n) is 6.59. The second-order valence-electron chi connectivity index (χ2n) is 9.75. The van der Waals surface area contributed by atoms with E-state index >= 15 is 0 Å². The summed E-state index contributed by atoms with van der Waals surface area (Å²) in [5.41, 5.74) is 2.33. The molecule has 0 aliphatic heterocycles. The van der Waals surface area contributed by atoms with Crippen molar-refractivity contribution in [2.75, 3.05) is 17.1 Å². The second kappa shape index (κ2) is 11.9. The van der Waals surface area contributed by atoms with Crippen molar-refractivity contribution in [3.8, 4) is 0 Å². The minimum Gasteiger partial charge on any atom is -0.352 e. The molecule has 2 aromatic rings. The second-order valence-corrected chi connectivity index (χ2v) is 11.7. The van der Waals surface area contributed by atoms with Crippen LogP contribution in [0.3, 0.4) is 0 Å². The summed E-state index contributed by atoms with van der Waals surface area (Å²) in [4.78, 5) is 28.0. The average Bonchev–Trinajstić information content (AvgIpc) is 2.80. The fourth-order valence-electron chi connectivity index (χ4n) is 4.67. The zero-order chi connectivity index (χ0) is 26.5. The van der Waals surface area contributed by atoms with Crippen LogP contribution in [0.4, 0.5) is 10.1 Å². The van der Waals surface area contributed by atoms with Crippen molar-refractivity contribution in [3.63, 3.8) is 0 Å². The third-order valence-corrected chi connectivity index (χ3v) is 7.73. The van der Waals surface area contributed by atoms with Gasteiger partial charge in [-0.2, -0.15) is 0 Å². The van der Waals surface area contributed by atoms with Crippen LogP contribution >= 0.6 is 0 Å². The number of hydrogen-bond acceptors (Lipinski definition) is 4. The molecule has 1 aliphatic carbocycles. The molecule has 7 nitrogen and oxygen atoms in total. The first-order valence-corrected chi connectivity index (χ1v) is 14.2. The van der Waals surface area contributed by atoms with Gasteiger partial charge >= 0.3 is 0 Å². The summed E-state index contributed by atoms with van der Waals surface area (Å²) in [5, 5.41) is 3.03. The van der Waals surface area contributed by atoms with Crippen molar-refractivity contribution in [1.82, 2.24) is 10.2 Å². The molecule has 2 aromatic carbocycles. The van der Waals surface area contributed by atoms with Gasteiger partial charge in [0.05, 0.1) is 11.9 Å². The lowest BCUT2D eigenvalue weighted by atomic mass is 9.95. The highest BCUT2D eigenvalue weighted by Crippen LogP contribution is 2.23. The van der Waals surface area contributed by atoms with Crippen LogP contribution < -0.4 is 9.62 Å². The van der Waals surface area contributed by atoms with E-state index in [4.69, 9.17) is 0 Å². The molecule has 0 saturated heterocycles. The maximum atomic E-state index is 14.5. The van der Waals surface area contributed by atoms with E-state index in [1.165, 1.54) is 11.0 Å². The van der Waals surface area contributed by atoms with Crippen molar-refractivity contribution in [2.24, 2.45) is 0 Å². The molecule has 0 radical (unpaired) electrons. The van der Waals surface area contributed by atoms with E-state index in [-0.39, 0.29) is 24.1 Å². The maximum Gasteiger partial charge on any atom is 0.244 e. The van der Waals surface area contributed by atoms with Gasteiger partial charge in [0.25, 0.3) is 0 Å². The molecule has 0 spiro atoms. The zero-order valence-corrected chi connectivity index (χ0v) is 22.3. The molecule has 3 rings (SSSR count). The van der Waals surface area contributed by atoms with Crippen LogP contribution in [0.25, 0.3) is 0 Å². The van der Waals surface area contributed by atoms with Crippen molar-refractivity contribution in [2.45, 2.75) is 71.5 Å². The lowest BCUT2D eigenvalue weighted by Gasteiger charge is -2.33. The van der Waals surface area contributed by atoms with Crippen LogP contribution in [-0.4, -0.2) is 50.0 Å². The first-order chi connectivity index (χ1) is 17.0. The van der Waals surface area contributed by atoms with E-state index in [9.17, 15) is 22.4 Å². The highest BCUT2D eigenvalue weighted by molar-refractivity contribution is 7.92. The van der Waals surface area contributed by atoms with Gasteiger partial charge < -0.3 is 10.2 Å². The van der Waals surface area contributed by atoms with Crippen molar-refractivity contribution in [3.05, 3.63) is 65.0 Å². The largest absolute Gasteiger partial charge is 0.352 e. The summed E-state index contributed by atoms with van der Waals surface area (Å²) in [6.07, 6.45) is 6.02. The highest BCUT2D eigenvalue weighted by atomic mass is 32.2. The van der Waals surface area contributed by atoms with E-state index in [1.54, 1.807) is 37.3 Å². The van der Waals surface area contributed by atoms with Gasteiger partial charge in [0.15, 0.2) is 0 Å². The standard InChI is InChI=1S/C27H36FN3O4S/c1-19-14-20(2)16-24(15-19)31(36(4,34)35)18-26(32)30(17-22-10-8-9-13-25(22)28)21(3)27(33)29-23-11-6-5-7-12-23/h8-10,13-16,21,23H,5-7,11-12,17-18H2,1-4H3,(H,29,33). The van der Waals surface area contributed by atoms with Crippen LogP contribution in [0.5, 0.6) is 0 Å². The number of anilines is 1. The number of sulfonamides is 1. The monoisotopic (exact) mass is 517 g/mol. The quantitative estimate of drug-likeness (QED) is 0.543. The number of hydrogen-bond donors (Lipinski definition) is 1. The van der Waals surface area contributed by atoms with E-state index in [0.29, 0.717) is 5.69 Å². The van der Waals surface area contributed by atoms with Crippen LogP contribution in [0, 0.1) is 19.7 Å². The Morgan fingerprint density at radius 3 is 2.25 bits per heavy atom.